The maximum Gasteiger partial charge on any atom is 0.0634 e. The number of likely N-dealkylation sites (N-methyl/N-ethyl adjacent to an activating group) is 1. The zero-order valence-electron chi connectivity index (χ0n) is 9.17. The Hall–Kier alpha value is -0.120. The van der Waals surface area contributed by atoms with E-state index in [0.29, 0.717) is 6.04 Å². The van der Waals surface area contributed by atoms with Gasteiger partial charge in [0.1, 0.15) is 0 Å². The van der Waals surface area contributed by atoms with Crippen LogP contribution < -0.4 is 5.32 Å². The highest BCUT2D eigenvalue weighted by Crippen LogP contribution is 2.32. The molecule has 2 fully saturated rings. The predicted octanol–water partition coefficient (Wildman–Crippen LogP) is 0.707. The van der Waals surface area contributed by atoms with Gasteiger partial charge in [-0.1, -0.05) is 12.8 Å². The summed E-state index contributed by atoms with van der Waals surface area (Å²) in [5, 5.41) is 3.25. The smallest absolute Gasteiger partial charge is 0.0634 e. The van der Waals surface area contributed by atoms with Crippen molar-refractivity contribution in [2.24, 2.45) is 5.92 Å². The summed E-state index contributed by atoms with van der Waals surface area (Å²) in [6.45, 7) is 5.29. The molecule has 82 valence electrons. The standard InChI is InChI=1S/C11H22N2O/c1-12-8-11-9-14-7-6-13(11)5-4-10-2-3-10/h10-12H,2-9H2,1H3. The molecule has 0 aromatic carbocycles. The van der Waals surface area contributed by atoms with Gasteiger partial charge >= 0.3 is 0 Å². The van der Waals surface area contributed by atoms with Crippen molar-refractivity contribution in [1.82, 2.24) is 10.2 Å². The maximum absolute atomic E-state index is 5.51. The minimum Gasteiger partial charge on any atom is -0.378 e. The molecule has 1 unspecified atom stereocenters. The van der Waals surface area contributed by atoms with Gasteiger partial charge in [0.25, 0.3) is 0 Å². The largest absolute Gasteiger partial charge is 0.378 e. The van der Waals surface area contributed by atoms with Crippen molar-refractivity contribution in [3.8, 4) is 0 Å². The minimum atomic E-state index is 0.604. The van der Waals surface area contributed by atoms with Crippen LogP contribution in [0.1, 0.15) is 19.3 Å². The molecule has 0 radical (unpaired) electrons. The summed E-state index contributed by atoms with van der Waals surface area (Å²) in [6.07, 6.45) is 4.35. The van der Waals surface area contributed by atoms with Gasteiger partial charge in [-0.05, 0) is 25.9 Å². The molecule has 1 aliphatic carbocycles. The second-order valence-corrected chi connectivity index (χ2v) is 4.55. The Kier molecular flexibility index (Phi) is 3.79. The second kappa shape index (κ2) is 5.10. The molecule has 1 saturated carbocycles. The molecule has 3 heteroatoms. The van der Waals surface area contributed by atoms with Gasteiger partial charge in [0.05, 0.1) is 13.2 Å². The quantitative estimate of drug-likeness (QED) is 0.704. The van der Waals surface area contributed by atoms with Crippen LogP contribution in [0.4, 0.5) is 0 Å². The van der Waals surface area contributed by atoms with Gasteiger partial charge in [-0.3, -0.25) is 4.90 Å². The lowest BCUT2D eigenvalue weighted by atomic mass is 10.2. The Morgan fingerprint density at radius 2 is 2.29 bits per heavy atom. The molecule has 2 rings (SSSR count). The third-order valence-electron chi connectivity index (χ3n) is 3.31. The Bertz CT molecular complexity index is 169. The number of hydrogen-bond donors (Lipinski definition) is 1. The first-order valence-corrected chi connectivity index (χ1v) is 5.86. The fraction of sp³-hybridized carbons (Fsp3) is 1.00. The van der Waals surface area contributed by atoms with Crippen LogP contribution in [0.25, 0.3) is 0 Å². The molecule has 3 nitrogen and oxygen atoms in total. The van der Waals surface area contributed by atoms with Gasteiger partial charge < -0.3 is 10.1 Å². The van der Waals surface area contributed by atoms with Gasteiger partial charge in [-0.2, -0.15) is 0 Å². The molecule has 0 aromatic heterocycles. The van der Waals surface area contributed by atoms with Crippen molar-refractivity contribution in [2.75, 3.05) is 39.9 Å². The van der Waals surface area contributed by atoms with E-state index < -0.39 is 0 Å². The zero-order valence-corrected chi connectivity index (χ0v) is 9.17. The number of morpholine rings is 1. The van der Waals surface area contributed by atoms with E-state index in [2.05, 4.69) is 10.2 Å². The summed E-state index contributed by atoms with van der Waals surface area (Å²) < 4.78 is 5.51. The van der Waals surface area contributed by atoms with E-state index >= 15 is 0 Å². The molecule has 1 atom stereocenters. The van der Waals surface area contributed by atoms with Crippen LogP contribution >= 0.6 is 0 Å². The molecule has 0 aromatic rings. The van der Waals surface area contributed by atoms with Gasteiger partial charge in [0.15, 0.2) is 0 Å². The molecular weight excluding hydrogens is 176 g/mol. The molecule has 1 N–H and O–H groups in total. The van der Waals surface area contributed by atoms with E-state index in [1.165, 1.54) is 25.8 Å². The van der Waals surface area contributed by atoms with E-state index in [9.17, 15) is 0 Å². The van der Waals surface area contributed by atoms with Crippen LogP contribution in [-0.2, 0) is 4.74 Å². The average molecular weight is 198 g/mol. The number of rotatable bonds is 5. The number of nitrogens with one attached hydrogen (secondary N) is 1. The normalized spacial score (nSPS) is 29.4. The van der Waals surface area contributed by atoms with Crippen LogP contribution in [-0.4, -0.2) is 50.8 Å². The van der Waals surface area contributed by atoms with Crippen LogP contribution in [0, 0.1) is 5.92 Å². The van der Waals surface area contributed by atoms with E-state index in [1.807, 2.05) is 7.05 Å². The second-order valence-electron chi connectivity index (χ2n) is 4.55. The SMILES string of the molecule is CNCC1COCCN1CCC1CC1. The summed E-state index contributed by atoms with van der Waals surface area (Å²) >= 11 is 0. The van der Waals surface area contributed by atoms with Crippen molar-refractivity contribution >= 4 is 0 Å². The predicted molar refractivity (Wildman–Crippen MR) is 57.4 cm³/mol. The molecule has 2 aliphatic rings. The molecule has 1 aliphatic heterocycles. The van der Waals surface area contributed by atoms with E-state index in [1.54, 1.807) is 0 Å². The monoisotopic (exact) mass is 198 g/mol. The summed E-state index contributed by atoms with van der Waals surface area (Å²) in [5.41, 5.74) is 0. The minimum absolute atomic E-state index is 0.604. The first-order valence-electron chi connectivity index (χ1n) is 5.86. The number of nitrogens with zero attached hydrogens (tertiary/aromatic N) is 1. The Morgan fingerprint density at radius 3 is 3.00 bits per heavy atom. The third-order valence-corrected chi connectivity index (χ3v) is 3.31. The fourth-order valence-corrected chi connectivity index (χ4v) is 2.16. The van der Waals surface area contributed by atoms with Crippen molar-refractivity contribution in [2.45, 2.75) is 25.3 Å². The molecule has 0 amide bonds. The number of hydrogen-bond acceptors (Lipinski definition) is 3. The first-order chi connectivity index (χ1) is 6.90. The van der Waals surface area contributed by atoms with Crippen LogP contribution in [0.2, 0.25) is 0 Å². The lowest BCUT2D eigenvalue weighted by Gasteiger charge is -2.35. The van der Waals surface area contributed by atoms with E-state index in [0.717, 1.165) is 32.2 Å². The summed E-state index contributed by atoms with van der Waals surface area (Å²) in [6, 6.07) is 0.604. The van der Waals surface area contributed by atoms with Gasteiger partial charge in [-0.15, -0.1) is 0 Å². The third kappa shape index (κ3) is 2.94. The molecule has 0 bridgehead atoms. The van der Waals surface area contributed by atoms with Crippen molar-refractivity contribution in [3.63, 3.8) is 0 Å². The number of ether oxygens (including phenoxy) is 1. The highest BCUT2D eigenvalue weighted by molar-refractivity contribution is 4.80. The summed E-state index contributed by atoms with van der Waals surface area (Å²) in [7, 11) is 2.02. The highest BCUT2D eigenvalue weighted by Gasteiger charge is 2.26. The topological polar surface area (TPSA) is 24.5 Å². The maximum atomic E-state index is 5.51. The van der Waals surface area contributed by atoms with Gasteiger partial charge in [-0.25, -0.2) is 0 Å². The van der Waals surface area contributed by atoms with Crippen LogP contribution in [0.3, 0.4) is 0 Å². The average Bonchev–Trinajstić information content (AvgIpc) is 3.01. The Morgan fingerprint density at radius 1 is 1.43 bits per heavy atom. The van der Waals surface area contributed by atoms with Gasteiger partial charge in [0, 0.05) is 19.1 Å². The van der Waals surface area contributed by atoms with Crippen molar-refractivity contribution < 1.29 is 4.74 Å². The van der Waals surface area contributed by atoms with Gasteiger partial charge in [0.2, 0.25) is 0 Å². The molecular formula is C11H22N2O. The Labute approximate surface area is 86.8 Å². The molecule has 1 saturated heterocycles. The lowest BCUT2D eigenvalue weighted by Crippen LogP contribution is -2.50. The lowest BCUT2D eigenvalue weighted by molar-refractivity contribution is -0.00716. The molecule has 14 heavy (non-hydrogen) atoms. The molecule has 1 heterocycles. The summed E-state index contributed by atoms with van der Waals surface area (Å²) in [4.78, 5) is 2.60. The Balaban J connectivity index is 1.72. The van der Waals surface area contributed by atoms with Crippen LogP contribution in [0.5, 0.6) is 0 Å². The molecule has 0 spiro atoms. The van der Waals surface area contributed by atoms with Crippen molar-refractivity contribution in [1.29, 1.82) is 0 Å². The van der Waals surface area contributed by atoms with E-state index in [-0.39, 0.29) is 0 Å². The van der Waals surface area contributed by atoms with E-state index in [4.69, 9.17) is 4.74 Å². The summed E-state index contributed by atoms with van der Waals surface area (Å²) in [5.74, 6) is 1.05. The zero-order chi connectivity index (χ0) is 9.80. The highest BCUT2D eigenvalue weighted by atomic mass is 16.5. The first kappa shape index (κ1) is 10.4. The fourth-order valence-electron chi connectivity index (χ4n) is 2.16. The van der Waals surface area contributed by atoms with Crippen LogP contribution in [0.15, 0.2) is 0 Å². The van der Waals surface area contributed by atoms with Crippen molar-refractivity contribution in [3.05, 3.63) is 0 Å².